The first-order chi connectivity index (χ1) is 13.7. The van der Waals surface area contributed by atoms with Gasteiger partial charge in [-0.1, -0.05) is 72.6 Å². The number of nitrogens with one attached hydrogen (secondary N) is 1. The zero-order chi connectivity index (χ0) is 21.9. The maximum atomic E-state index is 12.7. The second-order valence-corrected chi connectivity index (χ2v) is 9.16. The van der Waals surface area contributed by atoms with Crippen LogP contribution in [0.2, 0.25) is 0 Å². The van der Waals surface area contributed by atoms with Crippen LogP contribution in [0.3, 0.4) is 0 Å². The normalized spacial score (nSPS) is 18.0. The van der Waals surface area contributed by atoms with Crippen LogP contribution in [0, 0.1) is 11.3 Å². The van der Waals surface area contributed by atoms with Gasteiger partial charge in [0.15, 0.2) is 0 Å². The van der Waals surface area contributed by atoms with E-state index in [2.05, 4.69) is 26.1 Å². The molecule has 29 heavy (non-hydrogen) atoms. The Morgan fingerprint density at radius 2 is 1.52 bits per heavy atom. The van der Waals surface area contributed by atoms with Gasteiger partial charge in [0.1, 0.15) is 0 Å². The van der Waals surface area contributed by atoms with Crippen LogP contribution in [-0.2, 0) is 14.4 Å². The highest BCUT2D eigenvalue weighted by atomic mass is 16.2. The van der Waals surface area contributed by atoms with Crippen molar-refractivity contribution >= 4 is 17.7 Å². The Morgan fingerprint density at radius 1 is 0.966 bits per heavy atom. The topological polar surface area (TPSA) is 66.5 Å². The molecule has 0 aromatic rings. The third kappa shape index (κ3) is 8.71. The monoisotopic (exact) mass is 406 g/mol. The molecule has 1 aliphatic heterocycles. The molecular weight excluding hydrogens is 364 g/mol. The Kier molecular flexibility index (Phi) is 11.2. The van der Waals surface area contributed by atoms with E-state index < -0.39 is 0 Å². The molecule has 3 unspecified atom stereocenters. The van der Waals surface area contributed by atoms with E-state index in [1.54, 1.807) is 0 Å². The van der Waals surface area contributed by atoms with Crippen LogP contribution < -0.4 is 5.32 Å². The molecule has 0 fully saturated rings. The van der Waals surface area contributed by atoms with Crippen LogP contribution in [0.25, 0.3) is 0 Å². The minimum absolute atomic E-state index is 0.0117. The molecule has 0 aromatic heterocycles. The number of nitrogens with zero attached hydrogens (tertiary/aromatic N) is 1. The van der Waals surface area contributed by atoms with Crippen molar-refractivity contribution in [2.24, 2.45) is 11.3 Å². The van der Waals surface area contributed by atoms with Crippen LogP contribution >= 0.6 is 0 Å². The van der Waals surface area contributed by atoms with Gasteiger partial charge < -0.3 is 5.32 Å². The van der Waals surface area contributed by atoms with Crippen LogP contribution in [0.5, 0.6) is 0 Å². The average Bonchev–Trinajstić information content (AvgIpc) is 3.02. The fraction of sp³-hybridized carbons (Fsp3) is 0.792. The highest BCUT2D eigenvalue weighted by Gasteiger charge is 2.31. The summed E-state index contributed by atoms with van der Waals surface area (Å²) in [5.74, 6) is -0.806. The fourth-order valence-electron chi connectivity index (χ4n) is 4.11. The predicted molar refractivity (Wildman–Crippen MR) is 118 cm³/mol. The number of amides is 3. The van der Waals surface area contributed by atoms with E-state index in [1.807, 2.05) is 13.8 Å². The molecular formula is C24H42N2O3. The number of hydrogen-bond donors (Lipinski definition) is 1. The van der Waals surface area contributed by atoms with Crippen molar-refractivity contribution in [2.45, 2.75) is 105 Å². The summed E-state index contributed by atoms with van der Waals surface area (Å²) in [7, 11) is 0. The minimum atomic E-state index is -0.287. The zero-order valence-corrected chi connectivity index (χ0v) is 19.3. The second-order valence-electron chi connectivity index (χ2n) is 9.16. The Bertz CT molecular complexity index is 554. The van der Waals surface area contributed by atoms with Gasteiger partial charge in [-0.15, -0.1) is 0 Å². The van der Waals surface area contributed by atoms with E-state index in [0.29, 0.717) is 13.0 Å². The van der Waals surface area contributed by atoms with E-state index in [1.165, 1.54) is 62.0 Å². The number of hydrogen-bond acceptors (Lipinski definition) is 3. The summed E-state index contributed by atoms with van der Waals surface area (Å²) in [6, 6.07) is -0.282. The van der Waals surface area contributed by atoms with Gasteiger partial charge in [0.2, 0.25) is 5.91 Å². The minimum Gasteiger partial charge on any atom is -0.355 e. The van der Waals surface area contributed by atoms with Gasteiger partial charge in [0, 0.05) is 30.7 Å². The molecule has 1 N–H and O–H groups in total. The van der Waals surface area contributed by atoms with Gasteiger partial charge in [-0.05, 0) is 31.6 Å². The van der Waals surface area contributed by atoms with Gasteiger partial charge in [0.25, 0.3) is 11.8 Å². The quantitative estimate of drug-likeness (QED) is 0.307. The summed E-state index contributed by atoms with van der Waals surface area (Å²) < 4.78 is 0. The highest BCUT2D eigenvalue weighted by molar-refractivity contribution is 6.13. The molecule has 0 saturated heterocycles. The number of rotatable bonds is 15. The Balaban J connectivity index is 2.50. The summed E-state index contributed by atoms with van der Waals surface area (Å²) >= 11 is 0. The lowest BCUT2D eigenvalue weighted by atomic mass is 9.79. The van der Waals surface area contributed by atoms with Crippen LogP contribution in [-0.4, -0.2) is 35.2 Å². The molecule has 0 aliphatic carbocycles. The van der Waals surface area contributed by atoms with E-state index in [4.69, 9.17) is 0 Å². The van der Waals surface area contributed by atoms with Gasteiger partial charge in [-0.25, -0.2) is 0 Å². The van der Waals surface area contributed by atoms with Crippen LogP contribution in [0.15, 0.2) is 12.2 Å². The fourth-order valence-corrected chi connectivity index (χ4v) is 4.11. The van der Waals surface area contributed by atoms with Gasteiger partial charge in [-0.2, -0.15) is 0 Å². The molecule has 166 valence electrons. The Hall–Kier alpha value is -1.65. The predicted octanol–water partition coefficient (Wildman–Crippen LogP) is 5.00. The van der Waals surface area contributed by atoms with Crippen molar-refractivity contribution in [3.8, 4) is 0 Å². The maximum Gasteiger partial charge on any atom is 0.253 e. The SMILES string of the molecule is CCCCCCCC(C)(CCCC)CNC(=O)C(C)CC(C)N1C(=O)C=CC1=O. The lowest BCUT2D eigenvalue weighted by Gasteiger charge is -2.31. The number of carbonyl (C=O) groups excluding carboxylic acids is 3. The molecule has 5 nitrogen and oxygen atoms in total. The highest BCUT2D eigenvalue weighted by Crippen LogP contribution is 2.30. The van der Waals surface area contributed by atoms with Crippen LogP contribution in [0.4, 0.5) is 0 Å². The Morgan fingerprint density at radius 3 is 2.10 bits per heavy atom. The summed E-state index contributed by atoms with van der Waals surface area (Å²) in [5.41, 5.74) is 0.133. The van der Waals surface area contributed by atoms with E-state index in [9.17, 15) is 14.4 Å². The lowest BCUT2D eigenvalue weighted by molar-refractivity contribution is -0.140. The van der Waals surface area contributed by atoms with Gasteiger partial charge in [-0.3, -0.25) is 19.3 Å². The van der Waals surface area contributed by atoms with E-state index in [-0.39, 0.29) is 35.1 Å². The molecule has 1 heterocycles. The third-order valence-corrected chi connectivity index (χ3v) is 6.13. The standard InChI is InChI=1S/C24H42N2O3/c1-6-8-10-11-12-16-24(5,15-9-7-2)18-25-23(29)19(3)17-20(4)26-21(27)13-14-22(26)28/h13-14,19-20H,6-12,15-18H2,1-5H3,(H,25,29). The maximum absolute atomic E-state index is 12.7. The average molecular weight is 407 g/mol. The molecule has 0 spiro atoms. The van der Waals surface area contributed by atoms with Gasteiger partial charge in [0.05, 0.1) is 0 Å². The molecule has 1 rings (SSSR count). The molecule has 5 heteroatoms. The number of imide groups is 1. The van der Waals surface area contributed by atoms with Crippen molar-refractivity contribution in [3.05, 3.63) is 12.2 Å². The van der Waals surface area contributed by atoms with Crippen molar-refractivity contribution < 1.29 is 14.4 Å². The third-order valence-electron chi connectivity index (χ3n) is 6.13. The molecule has 3 amide bonds. The van der Waals surface area contributed by atoms with E-state index in [0.717, 1.165) is 12.8 Å². The van der Waals surface area contributed by atoms with Crippen molar-refractivity contribution in [2.75, 3.05) is 6.54 Å². The molecule has 0 saturated carbocycles. The lowest BCUT2D eigenvalue weighted by Crippen LogP contribution is -2.43. The Labute approximate surface area is 177 Å². The van der Waals surface area contributed by atoms with Crippen molar-refractivity contribution in [1.29, 1.82) is 0 Å². The molecule has 0 bridgehead atoms. The first kappa shape index (κ1) is 25.4. The van der Waals surface area contributed by atoms with Crippen molar-refractivity contribution in [1.82, 2.24) is 10.2 Å². The second kappa shape index (κ2) is 12.8. The van der Waals surface area contributed by atoms with Crippen LogP contribution in [0.1, 0.15) is 98.8 Å². The zero-order valence-electron chi connectivity index (χ0n) is 19.3. The van der Waals surface area contributed by atoms with Gasteiger partial charge >= 0.3 is 0 Å². The summed E-state index contributed by atoms with van der Waals surface area (Å²) in [6.45, 7) is 11.1. The summed E-state index contributed by atoms with van der Waals surface area (Å²) in [4.78, 5) is 37.6. The largest absolute Gasteiger partial charge is 0.355 e. The smallest absolute Gasteiger partial charge is 0.253 e. The molecule has 0 radical (unpaired) electrons. The summed E-state index contributed by atoms with van der Waals surface area (Å²) in [6.07, 6.45) is 14.0. The van der Waals surface area contributed by atoms with Crippen molar-refractivity contribution in [3.63, 3.8) is 0 Å². The molecule has 1 aliphatic rings. The number of carbonyl (C=O) groups is 3. The molecule has 3 atom stereocenters. The first-order valence-electron chi connectivity index (χ1n) is 11.6. The number of unbranched alkanes of at least 4 members (excludes halogenated alkanes) is 5. The summed E-state index contributed by atoms with van der Waals surface area (Å²) in [5, 5.41) is 3.16. The van der Waals surface area contributed by atoms with E-state index >= 15 is 0 Å². The first-order valence-corrected chi connectivity index (χ1v) is 11.6. The molecule has 0 aromatic carbocycles.